The van der Waals surface area contributed by atoms with E-state index in [9.17, 15) is 0 Å². The number of aliphatic imine (C=N–C) groups is 1. The minimum absolute atomic E-state index is 0.806. The topological polar surface area (TPSA) is 27.6 Å². The van der Waals surface area contributed by atoms with Gasteiger partial charge in [-0.1, -0.05) is 32.0 Å². The molecule has 0 aromatic heterocycles. The zero-order valence-electron chi connectivity index (χ0n) is 12.0. The Bertz CT molecular complexity index is 375. The van der Waals surface area contributed by atoms with Gasteiger partial charge in [0.15, 0.2) is 0 Å². The van der Waals surface area contributed by atoms with E-state index in [2.05, 4.69) is 41.7 Å². The summed E-state index contributed by atoms with van der Waals surface area (Å²) in [4.78, 5) is 7.79. The van der Waals surface area contributed by atoms with Crippen LogP contribution < -0.4 is 5.32 Å². The molecule has 4 heteroatoms. The van der Waals surface area contributed by atoms with Crippen molar-refractivity contribution in [3.05, 3.63) is 29.8 Å². The highest BCUT2D eigenvalue weighted by Crippen LogP contribution is 2.09. The Balaban J connectivity index is 2.13. The fraction of sp³-hybridized carbons (Fsp3) is 0.533. The van der Waals surface area contributed by atoms with Gasteiger partial charge in [0, 0.05) is 36.3 Å². The monoisotopic (exact) mass is 279 g/mol. The van der Waals surface area contributed by atoms with Crippen LogP contribution in [0.5, 0.6) is 0 Å². The molecule has 0 aliphatic heterocycles. The summed E-state index contributed by atoms with van der Waals surface area (Å²) in [5.74, 6) is 0. The van der Waals surface area contributed by atoms with Crippen molar-refractivity contribution in [3.8, 4) is 0 Å². The maximum Gasteiger partial charge on any atom is 0.0514 e. The van der Waals surface area contributed by atoms with Gasteiger partial charge in [-0.25, -0.2) is 0 Å². The lowest BCUT2D eigenvalue weighted by Crippen LogP contribution is -2.32. The molecule has 3 nitrogen and oxygen atoms in total. The average Bonchev–Trinajstić information content (AvgIpc) is 2.44. The van der Waals surface area contributed by atoms with Crippen LogP contribution in [0.3, 0.4) is 0 Å². The molecule has 0 aliphatic carbocycles. The van der Waals surface area contributed by atoms with Gasteiger partial charge in [-0.05, 0) is 19.2 Å². The second kappa shape index (κ2) is 10.0. The van der Waals surface area contributed by atoms with Crippen LogP contribution in [0.4, 0.5) is 0 Å². The van der Waals surface area contributed by atoms with Crippen LogP contribution in [0.15, 0.2) is 34.2 Å². The van der Waals surface area contributed by atoms with Gasteiger partial charge in [-0.2, -0.15) is 0 Å². The van der Waals surface area contributed by atoms with E-state index in [0.717, 1.165) is 49.7 Å². The first kappa shape index (κ1) is 16.2. The van der Waals surface area contributed by atoms with Gasteiger partial charge < -0.3 is 10.2 Å². The third kappa shape index (κ3) is 6.76. The van der Waals surface area contributed by atoms with Crippen LogP contribution in [0.2, 0.25) is 0 Å². The van der Waals surface area contributed by atoms with Crippen molar-refractivity contribution in [2.75, 3.05) is 39.3 Å². The third-order valence-electron chi connectivity index (χ3n) is 3.08. The van der Waals surface area contributed by atoms with Crippen LogP contribution in [0.25, 0.3) is 0 Å². The van der Waals surface area contributed by atoms with E-state index in [1.807, 2.05) is 30.5 Å². The maximum atomic E-state index is 4.41. The summed E-state index contributed by atoms with van der Waals surface area (Å²) in [5, 5.41) is 3.41. The number of benzene rings is 1. The zero-order chi connectivity index (χ0) is 13.9. The van der Waals surface area contributed by atoms with E-state index in [1.165, 1.54) is 0 Å². The summed E-state index contributed by atoms with van der Waals surface area (Å²) in [6.45, 7) is 10.5. The quantitative estimate of drug-likeness (QED) is 0.412. The number of hydrogen-bond donors (Lipinski definition) is 2. The summed E-state index contributed by atoms with van der Waals surface area (Å²) in [6, 6.07) is 7.99. The second-order valence-corrected chi connectivity index (χ2v) is 4.85. The fourth-order valence-corrected chi connectivity index (χ4v) is 2.02. The molecule has 1 rings (SSSR count). The molecule has 0 atom stereocenters. The summed E-state index contributed by atoms with van der Waals surface area (Å²) >= 11 is 4.39. The molecule has 0 saturated carbocycles. The van der Waals surface area contributed by atoms with Crippen LogP contribution in [0, 0.1) is 0 Å². The van der Waals surface area contributed by atoms with E-state index in [0.29, 0.717) is 0 Å². The lowest BCUT2D eigenvalue weighted by molar-refractivity contribution is 0.303. The number of nitrogens with zero attached hydrogens (tertiary/aromatic N) is 2. The van der Waals surface area contributed by atoms with Crippen molar-refractivity contribution in [1.29, 1.82) is 0 Å². The van der Waals surface area contributed by atoms with Gasteiger partial charge in [0.1, 0.15) is 0 Å². The second-order valence-electron chi connectivity index (χ2n) is 4.37. The molecule has 0 aliphatic rings. The molecule has 0 spiro atoms. The van der Waals surface area contributed by atoms with Gasteiger partial charge in [0.05, 0.1) is 6.54 Å². The highest BCUT2D eigenvalue weighted by molar-refractivity contribution is 7.80. The van der Waals surface area contributed by atoms with E-state index in [1.54, 1.807) is 0 Å². The Morgan fingerprint density at radius 3 is 2.63 bits per heavy atom. The molecule has 106 valence electrons. The first-order valence-electron chi connectivity index (χ1n) is 6.98. The number of nitrogens with one attached hydrogen (secondary N) is 1. The molecule has 1 aromatic rings. The summed E-state index contributed by atoms with van der Waals surface area (Å²) in [6.07, 6.45) is 1.90. The Labute approximate surface area is 122 Å². The molecule has 0 amide bonds. The van der Waals surface area contributed by atoms with Gasteiger partial charge in [0.25, 0.3) is 0 Å². The van der Waals surface area contributed by atoms with Crippen LogP contribution in [-0.2, 0) is 0 Å². The normalized spacial score (nSPS) is 11.6. The molecule has 19 heavy (non-hydrogen) atoms. The van der Waals surface area contributed by atoms with Crippen LogP contribution in [-0.4, -0.2) is 50.4 Å². The Kier molecular flexibility index (Phi) is 8.54. The molecule has 0 radical (unpaired) electrons. The smallest absolute Gasteiger partial charge is 0.0514 e. The van der Waals surface area contributed by atoms with Gasteiger partial charge in [0.2, 0.25) is 0 Å². The molecule has 0 heterocycles. The number of rotatable bonds is 9. The Hall–Kier alpha value is -0.840. The predicted octanol–water partition coefficient (Wildman–Crippen LogP) is 2.33. The number of hydrogen-bond acceptors (Lipinski definition) is 4. The van der Waals surface area contributed by atoms with Crippen molar-refractivity contribution < 1.29 is 0 Å². The van der Waals surface area contributed by atoms with Gasteiger partial charge >= 0.3 is 0 Å². The minimum atomic E-state index is 0.806. The highest BCUT2D eigenvalue weighted by Gasteiger charge is 1.96. The predicted molar refractivity (Wildman–Crippen MR) is 86.8 cm³/mol. The Morgan fingerprint density at radius 1 is 1.21 bits per heavy atom. The molecule has 0 saturated heterocycles. The van der Waals surface area contributed by atoms with Crippen LogP contribution >= 0.6 is 12.6 Å². The first-order valence-corrected chi connectivity index (χ1v) is 7.43. The summed E-state index contributed by atoms with van der Waals surface area (Å²) in [7, 11) is 0. The van der Waals surface area contributed by atoms with E-state index in [-0.39, 0.29) is 0 Å². The maximum absolute atomic E-state index is 4.41. The largest absolute Gasteiger partial charge is 0.314 e. The van der Waals surface area contributed by atoms with Gasteiger partial charge in [-0.3, -0.25) is 4.99 Å². The van der Waals surface area contributed by atoms with Crippen molar-refractivity contribution in [3.63, 3.8) is 0 Å². The summed E-state index contributed by atoms with van der Waals surface area (Å²) < 4.78 is 0. The van der Waals surface area contributed by atoms with E-state index in [4.69, 9.17) is 0 Å². The highest BCUT2D eigenvalue weighted by atomic mass is 32.1. The molecule has 1 N–H and O–H groups in total. The SMILES string of the molecule is CCN(CC)CCNCCN=Cc1ccccc1S. The zero-order valence-corrected chi connectivity index (χ0v) is 12.9. The third-order valence-corrected chi connectivity index (χ3v) is 3.49. The van der Waals surface area contributed by atoms with Crippen molar-refractivity contribution in [2.45, 2.75) is 18.7 Å². The van der Waals surface area contributed by atoms with Crippen molar-refractivity contribution in [2.24, 2.45) is 4.99 Å². The average molecular weight is 279 g/mol. The first-order chi connectivity index (χ1) is 9.27. The lowest BCUT2D eigenvalue weighted by Gasteiger charge is -2.17. The van der Waals surface area contributed by atoms with Gasteiger partial charge in [-0.15, -0.1) is 12.6 Å². The number of likely N-dealkylation sites (N-methyl/N-ethyl adjacent to an activating group) is 1. The lowest BCUT2D eigenvalue weighted by atomic mass is 10.2. The van der Waals surface area contributed by atoms with Crippen LogP contribution in [0.1, 0.15) is 19.4 Å². The van der Waals surface area contributed by atoms with Crippen molar-refractivity contribution in [1.82, 2.24) is 10.2 Å². The molecule has 0 bridgehead atoms. The van der Waals surface area contributed by atoms with E-state index < -0.39 is 0 Å². The molecular formula is C15H25N3S. The van der Waals surface area contributed by atoms with E-state index >= 15 is 0 Å². The molecule has 0 unspecified atom stereocenters. The minimum Gasteiger partial charge on any atom is -0.314 e. The standard InChI is InChI=1S/C15H25N3S/c1-3-18(4-2)12-11-16-9-10-17-13-14-7-5-6-8-15(14)19/h5-8,13,16,19H,3-4,9-12H2,1-2H3. The summed E-state index contributed by atoms with van der Waals surface area (Å²) in [5.41, 5.74) is 1.08. The molecular weight excluding hydrogens is 254 g/mol. The number of thiol groups is 1. The molecule has 1 aromatic carbocycles. The Morgan fingerprint density at radius 2 is 1.95 bits per heavy atom. The van der Waals surface area contributed by atoms with Crippen molar-refractivity contribution >= 4 is 18.8 Å². The molecule has 0 fully saturated rings. The fourth-order valence-electron chi connectivity index (χ4n) is 1.81.